The summed E-state index contributed by atoms with van der Waals surface area (Å²) in [5.74, 6) is 0. The standard InChI is InChI=1S/C10H18N4S4/c1-5(13-8(17)6(11)15)4-10(2,3)14-9(18)7(12)16/h5H,4H2,1-3H3,(H2,11,15)(H2,12,16)(H,13,17)(H,14,18). The van der Waals surface area contributed by atoms with Crippen molar-refractivity contribution >= 4 is 68.8 Å². The lowest BCUT2D eigenvalue weighted by Crippen LogP contribution is -2.51. The highest BCUT2D eigenvalue weighted by Gasteiger charge is 2.23. The topological polar surface area (TPSA) is 76.1 Å². The van der Waals surface area contributed by atoms with Gasteiger partial charge in [-0.2, -0.15) is 0 Å². The summed E-state index contributed by atoms with van der Waals surface area (Å²) in [5.41, 5.74) is 10.6. The van der Waals surface area contributed by atoms with E-state index in [4.69, 9.17) is 60.3 Å². The molecule has 6 N–H and O–H groups in total. The Kier molecular flexibility index (Phi) is 7.05. The van der Waals surface area contributed by atoms with Crippen LogP contribution in [0.5, 0.6) is 0 Å². The minimum Gasteiger partial charge on any atom is -0.388 e. The maximum Gasteiger partial charge on any atom is 0.134 e. The first-order valence-corrected chi connectivity index (χ1v) is 6.90. The van der Waals surface area contributed by atoms with E-state index < -0.39 is 0 Å². The first kappa shape index (κ1) is 17.6. The van der Waals surface area contributed by atoms with Crippen molar-refractivity contribution in [3.05, 3.63) is 0 Å². The maximum atomic E-state index is 5.45. The van der Waals surface area contributed by atoms with Gasteiger partial charge >= 0.3 is 0 Å². The lowest BCUT2D eigenvalue weighted by atomic mass is 9.96. The second-order valence-electron chi connectivity index (χ2n) is 4.65. The predicted molar refractivity (Wildman–Crippen MR) is 93.2 cm³/mol. The smallest absolute Gasteiger partial charge is 0.134 e. The molecule has 0 rings (SSSR count). The van der Waals surface area contributed by atoms with Crippen LogP contribution < -0.4 is 22.1 Å². The minimum atomic E-state index is -0.265. The molecule has 1 unspecified atom stereocenters. The van der Waals surface area contributed by atoms with Crippen LogP contribution >= 0.6 is 48.9 Å². The van der Waals surface area contributed by atoms with Crippen LogP contribution in [-0.2, 0) is 0 Å². The monoisotopic (exact) mass is 322 g/mol. The second-order valence-corrected chi connectivity index (χ2v) is 6.34. The molecule has 0 saturated carbocycles. The van der Waals surface area contributed by atoms with Crippen LogP contribution in [0.3, 0.4) is 0 Å². The third-order valence-electron chi connectivity index (χ3n) is 2.09. The van der Waals surface area contributed by atoms with E-state index in [1.54, 1.807) is 0 Å². The molecular formula is C10H18N4S4. The molecule has 4 nitrogen and oxygen atoms in total. The summed E-state index contributed by atoms with van der Waals surface area (Å²) in [7, 11) is 0. The Balaban J connectivity index is 4.39. The highest BCUT2D eigenvalue weighted by Crippen LogP contribution is 2.11. The highest BCUT2D eigenvalue weighted by atomic mass is 32.1. The zero-order valence-electron chi connectivity index (χ0n) is 10.6. The Morgan fingerprint density at radius 1 is 1.06 bits per heavy atom. The predicted octanol–water partition coefficient (Wildman–Crippen LogP) is 0.950. The second kappa shape index (κ2) is 7.22. The normalized spacial score (nSPS) is 12.4. The molecule has 0 bridgehead atoms. The molecule has 8 heteroatoms. The summed E-state index contributed by atoms with van der Waals surface area (Å²) in [6.07, 6.45) is 0.749. The van der Waals surface area contributed by atoms with E-state index in [1.807, 2.05) is 20.8 Å². The van der Waals surface area contributed by atoms with Gasteiger partial charge in [0.2, 0.25) is 0 Å². The number of nitrogens with two attached hydrogens (primary N) is 2. The number of hydrogen-bond acceptors (Lipinski definition) is 4. The SMILES string of the molecule is CC(CC(C)(C)NC(=S)C(N)=S)NC(=S)C(N)=S. The summed E-state index contributed by atoms with van der Waals surface area (Å²) >= 11 is 19.6. The van der Waals surface area contributed by atoms with Crippen molar-refractivity contribution in [2.75, 3.05) is 0 Å². The van der Waals surface area contributed by atoms with Gasteiger partial charge in [0.15, 0.2) is 0 Å². The molecule has 0 aliphatic carbocycles. The number of rotatable bonds is 4. The van der Waals surface area contributed by atoms with Gasteiger partial charge in [-0.25, -0.2) is 0 Å². The lowest BCUT2D eigenvalue weighted by Gasteiger charge is -2.31. The molecule has 1 atom stereocenters. The molecular weight excluding hydrogens is 304 g/mol. The number of hydrogen-bond donors (Lipinski definition) is 4. The molecule has 0 radical (unpaired) electrons. The summed E-state index contributed by atoms with van der Waals surface area (Å²) < 4.78 is 0. The van der Waals surface area contributed by atoms with Gasteiger partial charge in [-0.1, -0.05) is 48.9 Å². The van der Waals surface area contributed by atoms with Gasteiger partial charge in [0, 0.05) is 11.6 Å². The lowest BCUT2D eigenvalue weighted by molar-refractivity contribution is 0.384. The molecule has 0 aliphatic rings. The van der Waals surface area contributed by atoms with Crippen LogP contribution in [0.1, 0.15) is 27.2 Å². The molecule has 0 aliphatic heterocycles. The van der Waals surface area contributed by atoms with Crippen molar-refractivity contribution in [3.63, 3.8) is 0 Å². The molecule has 102 valence electrons. The van der Waals surface area contributed by atoms with Crippen molar-refractivity contribution in [2.45, 2.75) is 38.8 Å². The molecule has 0 saturated heterocycles. The van der Waals surface area contributed by atoms with E-state index in [1.165, 1.54) is 0 Å². The third kappa shape index (κ3) is 7.10. The molecule has 0 spiro atoms. The van der Waals surface area contributed by atoms with E-state index in [9.17, 15) is 0 Å². The molecule has 0 amide bonds. The fraction of sp³-hybridized carbons (Fsp3) is 0.600. The Morgan fingerprint density at radius 3 is 1.89 bits per heavy atom. The van der Waals surface area contributed by atoms with Crippen molar-refractivity contribution in [2.24, 2.45) is 11.5 Å². The average Bonchev–Trinajstić information content (AvgIpc) is 2.14. The molecule has 0 aromatic rings. The van der Waals surface area contributed by atoms with Crippen molar-refractivity contribution in [1.29, 1.82) is 0 Å². The highest BCUT2D eigenvalue weighted by molar-refractivity contribution is 7.89. The number of thiocarbonyl (C=S) groups is 4. The van der Waals surface area contributed by atoms with Crippen molar-refractivity contribution in [1.82, 2.24) is 10.6 Å². The first-order valence-electron chi connectivity index (χ1n) is 5.27. The third-order valence-corrected chi connectivity index (χ3v) is 3.42. The largest absolute Gasteiger partial charge is 0.388 e. The van der Waals surface area contributed by atoms with Gasteiger partial charge in [0.1, 0.15) is 20.0 Å². The van der Waals surface area contributed by atoms with Gasteiger partial charge < -0.3 is 22.1 Å². The van der Waals surface area contributed by atoms with Gasteiger partial charge in [0.25, 0.3) is 0 Å². The van der Waals surface area contributed by atoms with Crippen LogP contribution in [0.2, 0.25) is 0 Å². The van der Waals surface area contributed by atoms with Crippen LogP contribution in [-0.4, -0.2) is 31.5 Å². The van der Waals surface area contributed by atoms with Gasteiger partial charge in [0.05, 0.1) is 0 Å². The van der Waals surface area contributed by atoms with Crippen LogP contribution in [0.15, 0.2) is 0 Å². The van der Waals surface area contributed by atoms with Gasteiger partial charge in [-0.15, -0.1) is 0 Å². The Labute approximate surface area is 129 Å². The van der Waals surface area contributed by atoms with E-state index >= 15 is 0 Å². The minimum absolute atomic E-state index is 0.0932. The zero-order chi connectivity index (χ0) is 14.5. The Bertz CT molecular complexity index is 378. The molecule has 0 aromatic heterocycles. The molecule has 18 heavy (non-hydrogen) atoms. The molecule has 0 heterocycles. The molecule has 0 aromatic carbocycles. The Morgan fingerprint density at radius 2 is 1.50 bits per heavy atom. The zero-order valence-corrected chi connectivity index (χ0v) is 13.8. The quantitative estimate of drug-likeness (QED) is 0.570. The van der Waals surface area contributed by atoms with Gasteiger partial charge in [-0.3, -0.25) is 0 Å². The summed E-state index contributed by atoms with van der Waals surface area (Å²) in [5, 5.41) is 6.16. The van der Waals surface area contributed by atoms with E-state index in [2.05, 4.69) is 10.6 Å². The van der Waals surface area contributed by atoms with Crippen LogP contribution in [0.4, 0.5) is 0 Å². The Hall–Kier alpha value is -0.440. The van der Waals surface area contributed by atoms with E-state index in [0.29, 0.717) is 9.98 Å². The van der Waals surface area contributed by atoms with E-state index in [-0.39, 0.29) is 21.6 Å². The summed E-state index contributed by atoms with van der Waals surface area (Å²) in [6.45, 7) is 5.98. The van der Waals surface area contributed by atoms with Crippen LogP contribution in [0, 0.1) is 0 Å². The van der Waals surface area contributed by atoms with E-state index in [0.717, 1.165) is 6.42 Å². The molecule has 0 fully saturated rings. The fourth-order valence-electron chi connectivity index (χ4n) is 1.53. The van der Waals surface area contributed by atoms with Crippen LogP contribution in [0.25, 0.3) is 0 Å². The van der Waals surface area contributed by atoms with Crippen molar-refractivity contribution < 1.29 is 0 Å². The van der Waals surface area contributed by atoms with Gasteiger partial charge in [-0.05, 0) is 27.2 Å². The van der Waals surface area contributed by atoms with Crippen molar-refractivity contribution in [3.8, 4) is 0 Å². The maximum absolute atomic E-state index is 5.45. The number of nitrogens with one attached hydrogen (secondary N) is 2. The average molecular weight is 323 g/mol. The summed E-state index contributed by atoms with van der Waals surface area (Å²) in [4.78, 5) is 1.17. The summed E-state index contributed by atoms with van der Waals surface area (Å²) in [6, 6.07) is 0.0932. The first-order chi connectivity index (χ1) is 8.05. The fourth-order valence-corrected chi connectivity index (χ4v) is 2.12.